The SMILES string of the molecule is COC(=O)C1=CC(=O)NC(SC)N1. The molecule has 72 valence electrons. The summed E-state index contributed by atoms with van der Waals surface area (Å²) in [5, 5.41) is 5.41. The molecule has 0 aliphatic carbocycles. The number of rotatable bonds is 2. The summed E-state index contributed by atoms with van der Waals surface area (Å²) in [7, 11) is 1.27. The highest BCUT2D eigenvalue weighted by Gasteiger charge is 2.21. The van der Waals surface area contributed by atoms with Gasteiger partial charge in [0.2, 0.25) is 5.91 Å². The van der Waals surface area contributed by atoms with Crippen LogP contribution >= 0.6 is 11.8 Å². The minimum absolute atomic E-state index is 0.186. The van der Waals surface area contributed by atoms with Crippen LogP contribution in [0.15, 0.2) is 11.8 Å². The standard InChI is InChI=1S/C7H10N2O3S/c1-12-6(11)4-3-5(10)9-7(8-4)13-2/h3,7-8H,1-2H3,(H,9,10). The highest BCUT2D eigenvalue weighted by molar-refractivity contribution is 7.99. The first-order valence-electron chi connectivity index (χ1n) is 3.57. The summed E-state index contributed by atoms with van der Waals surface area (Å²) < 4.78 is 4.47. The molecule has 1 aliphatic heterocycles. The fraction of sp³-hybridized carbons (Fsp3) is 0.429. The van der Waals surface area contributed by atoms with Gasteiger partial charge in [0.1, 0.15) is 11.2 Å². The molecule has 6 heteroatoms. The van der Waals surface area contributed by atoms with Gasteiger partial charge in [0, 0.05) is 6.08 Å². The zero-order valence-corrected chi connectivity index (χ0v) is 8.10. The molecule has 0 aromatic heterocycles. The van der Waals surface area contributed by atoms with Crippen molar-refractivity contribution < 1.29 is 14.3 Å². The fourth-order valence-corrected chi connectivity index (χ4v) is 1.35. The number of carbonyl (C=O) groups excluding carboxylic acids is 2. The Hall–Kier alpha value is -1.17. The van der Waals surface area contributed by atoms with Crippen LogP contribution < -0.4 is 10.6 Å². The van der Waals surface area contributed by atoms with Crippen LogP contribution in [0.4, 0.5) is 0 Å². The first kappa shape index (κ1) is 9.91. The summed E-state index contributed by atoms with van der Waals surface area (Å²) in [6.45, 7) is 0. The maximum atomic E-state index is 11.0. The number of amides is 1. The zero-order valence-electron chi connectivity index (χ0n) is 7.29. The van der Waals surface area contributed by atoms with Crippen LogP contribution in [-0.2, 0) is 14.3 Å². The van der Waals surface area contributed by atoms with Gasteiger partial charge in [-0.05, 0) is 6.26 Å². The van der Waals surface area contributed by atoms with Crippen molar-refractivity contribution in [2.45, 2.75) is 5.50 Å². The molecule has 2 N–H and O–H groups in total. The van der Waals surface area contributed by atoms with E-state index in [1.807, 2.05) is 6.26 Å². The van der Waals surface area contributed by atoms with E-state index in [0.717, 1.165) is 0 Å². The summed E-state index contributed by atoms with van der Waals surface area (Å²) in [6.07, 6.45) is 3.00. The number of thioether (sulfide) groups is 1. The molecule has 13 heavy (non-hydrogen) atoms. The average Bonchev–Trinajstić information content (AvgIpc) is 2.15. The van der Waals surface area contributed by atoms with Crippen LogP contribution in [0.2, 0.25) is 0 Å². The Morgan fingerprint density at radius 1 is 1.62 bits per heavy atom. The molecule has 0 spiro atoms. The average molecular weight is 202 g/mol. The molecule has 0 fully saturated rings. The van der Waals surface area contributed by atoms with Crippen molar-refractivity contribution in [2.75, 3.05) is 13.4 Å². The van der Waals surface area contributed by atoms with E-state index in [0.29, 0.717) is 0 Å². The second-order valence-corrected chi connectivity index (χ2v) is 3.26. The minimum Gasteiger partial charge on any atom is -0.464 e. The molecular weight excluding hydrogens is 192 g/mol. The fourth-order valence-electron chi connectivity index (χ4n) is 0.867. The first-order chi connectivity index (χ1) is 6.17. The number of hydrogen-bond acceptors (Lipinski definition) is 5. The van der Waals surface area contributed by atoms with E-state index < -0.39 is 5.97 Å². The number of hydrogen-bond donors (Lipinski definition) is 2. The maximum Gasteiger partial charge on any atom is 0.354 e. The molecule has 0 radical (unpaired) electrons. The molecule has 0 aromatic rings. The third-order valence-electron chi connectivity index (χ3n) is 1.48. The predicted molar refractivity (Wildman–Crippen MR) is 48.7 cm³/mol. The molecule has 0 saturated heterocycles. The predicted octanol–water partition coefficient (Wildman–Crippen LogP) is -0.591. The van der Waals surface area contributed by atoms with Crippen molar-refractivity contribution in [3.63, 3.8) is 0 Å². The minimum atomic E-state index is -0.533. The molecule has 0 saturated carbocycles. The van der Waals surface area contributed by atoms with Gasteiger partial charge in [-0.2, -0.15) is 0 Å². The number of methoxy groups -OCH3 is 1. The zero-order chi connectivity index (χ0) is 9.84. The van der Waals surface area contributed by atoms with Crippen molar-refractivity contribution in [3.05, 3.63) is 11.8 Å². The number of ether oxygens (including phenoxy) is 1. The molecule has 1 amide bonds. The van der Waals surface area contributed by atoms with Gasteiger partial charge in [0.25, 0.3) is 0 Å². The molecule has 1 atom stereocenters. The highest BCUT2D eigenvalue weighted by atomic mass is 32.2. The molecule has 0 bridgehead atoms. The summed E-state index contributed by atoms with van der Waals surface area (Å²) in [5.41, 5.74) is -0.0859. The van der Waals surface area contributed by atoms with Crippen molar-refractivity contribution in [3.8, 4) is 0 Å². The normalized spacial score (nSPS) is 21.2. The van der Waals surface area contributed by atoms with Crippen molar-refractivity contribution >= 4 is 23.6 Å². The molecule has 1 heterocycles. The Morgan fingerprint density at radius 3 is 2.85 bits per heavy atom. The lowest BCUT2D eigenvalue weighted by Crippen LogP contribution is -2.47. The summed E-state index contributed by atoms with van der Waals surface area (Å²) in [4.78, 5) is 22.0. The van der Waals surface area contributed by atoms with E-state index in [4.69, 9.17) is 0 Å². The Bertz CT molecular complexity index is 264. The quantitative estimate of drug-likeness (QED) is 0.586. The number of esters is 1. The van der Waals surface area contributed by atoms with E-state index >= 15 is 0 Å². The van der Waals surface area contributed by atoms with Crippen LogP contribution in [0, 0.1) is 0 Å². The van der Waals surface area contributed by atoms with Gasteiger partial charge >= 0.3 is 5.97 Å². The lowest BCUT2D eigenvalue weighted by molar-refractivity contribution is -0.137. The van der Waals surface area contributed by atoms with Crippen LogP contribution in [0.25, 0.3) is 0 Å². The second kappa shape index (κ2) is 4.18. The van der Waals surface area contributed by atoms with Crippen molar-refractivity contribution in [1.29, 1.82) is 0 Å². The Kier molecular flexibility index (Phi) is 3.18. The van der Waals surface area contributed by atoms with E-state index in [1.165, 1.54) is 24.9 Å². The molecule has 1 rings (SSSR count). The van der Waals surface area contributed by atoms with Crippen LogP contribution in [0.3, 0.4) is 0 Å². The lowest BCUT2D eigenvalue weighted by Gasteiger charge is -2.23. The van der Waals surface area contributed by atoms with Crippen LogP contribution in [0.5, 0.6) is 0 Å². The summed E-state index contributed by atoms with van der Waals surface area (Å²) in [6, 6.07) is 0. The largest absolute Gasteiger partial charge is 0.464 e. The van der Waals surface area contributed by atoms with E-state index in [-0.39, 0.29) is 17.1 Å². The van der Waals surface area contributed by atoms with Gasteiger partial charge in [-0.25, -0.2) is 4.79 Å². The third-order valence-corrected chi connectivity index (χ3v) is 2.18. The van der Waals surface area contributed by atoms with E-state index in [9.17, 15) is 9.59 Å². The van der Waals surface area contributed by atoms with Crippen molar-refractivity contribution in [2.24, 2.45) is 0 Å². The lowest BCUT2D eigenvalue weighted by atomic mass is 10.3. The van der Waals surface area contributed by atoms with Crippen LogP contribution in [-0.4, -0.2) is 30.7 Å². The number of nitrogens with one attached hydrogen (secondary N) is 2. The molecule has 0 aromatic carbocycles. The van der Waals surface area contributed by atoms with Gasteiger partial charge < -0.3 is 15.4 Å². The van der Waals surface area contributed by atoms with Crippen LogP contribution in [0.1, 0.15) is 0 Å². The smallest absolute Gasteiger partial charge is 0.354 e. The second-order valence-electron chi connectivity index (χ2n) is 2.32. The van der Waals surface area contributed by atoms with E-state index in [2.05, 4.69) is 15.4 Å². The van der Waals surface area contributed by atoms with Gasteiger partial charge in [-0.1, -0.05) is 0 Å². The third kappa shape index (κ3) is 2.38. The molecule has 1 aliphatic rings. The summed E-state index contributed by atoms with van der Waals surface area (Å²) >= 11 is 1.39. The van der Waals surface area contributed by atoms with E-state index in [1.54, 1.807) is 0 Å². The highest BCUT2D eigenvalue weighted by Crippen LogP contribution is 2.07. The number of carbonyl (C=O) groups is 2. The molecular formula is C7H10N2O3S. The first-order valence-corrected chi connectivity index (χ1v) is 4.86. The molecule has 5 nitrogen and oxygen atoms in total. The van der Waals surface area contributed by atoms with Gasteiger partial charge in [0.05, 0.1) is 7.11 Å². The topological polar surface area (TPSA) is 67.4 Å². The van der Waals surface area contributed by atoms with Gasteiger partial charge in [-0.15, -0.1) is 11.8 Å². The van der Waals surface area contributed by atoms with Crippen molar-refractivity contribution in [1.82, 2.24) is 10.6 Å². The van der Waals surface area contributed by atoms with Gasteiger partial charge in [0.15, 0.2) is 0 Å². The summed E-state index contributed by atoms with van der Waals surface area (Å²) in [5.74, 6) is -0.826. The molecule has 1 unspecified atom stereocenters. The maximum absolute atomic E-state index is 11.0. The Morgan fingerprint density at radius 2 is 2.31 bits per heavy atom. The Balaban J connectivity index is 2.74. The monoisotopic (exact) mass is 202 g/mol. The Labute approximate surface area is 79.9 Å². The van der Waals surface area contributed by atoms with Gasteiger partial charge in [-0.3, -0.25) is 4.79 Å².